The van der Waals surface area contributed by atoms with Gasteiger partial charge in [0.1, 0.15) is 5.82 Å². The van der Waals surface area contributed by atoms with E-state index in [4.69, 9.17) is 9.47 Å². The van der Waals surface area contributed by atoms with Crippen molar-refractivity contribution in [1.82, 2.24) is 15.3 Å². The number of aromatic amines is 1. The van der Waals surface area contributed by atoms with Crippen LogP contribution >= 0.6 is 0 Å². The number of methoxy groups -OCH3 is 2. The van der Waals surface area contributed by atoms with Gasteiger partial charge in [-0.25, -0.2) is 4.98 Å². The van der Waals surface area contributed by atoms with Gasteiger partial charge >= 0.3 is 6.18 Å². The largest absolute Gasteiger partial charge is 0.493 e. The van der Waals surface area contributed by atoms with E-state index in [1.807, 2.05) is 0 Å². The molecular weight excluding hydrogens is 275 g/mol. The second kappa shape index (κ2) is 5.58. The van der Waals surface area contributed by atoms with Gasteiger partial charge in [-0.05, 0) is 0 Å². The Morgan fingerprint density at radius 1 is 1.20 bits per heavy atom. The summed E-state index contributed by atoms with van der Waals surface area (Å²) in [5.74, 6) is 1.46. The van der Waals surface area contributed by atoms with E-state index in [1.54, 1.807) is 12.1 Å². The first kappa shape index (κ1) is 14.4. The highest BCUT2D eigenvalue weighted by molar-refractivity contribution is 5.79. The smallest absolute Gasteiger partial charge is 0.401 e. The number of halogens is 3. The lowest BCUT2D eigenvalue weighted by molar-refractivity contribution is -0.125. The molecule has 2 rings (SSSR count). The van der Waals surface area contributed by atoms with Crippen molar-refractivity contribution in [3.05, 3.63) is 18.0 Å². The number of H-pyrrole nitrogens is 1. The van der Waals surface area contributed by atoms with Crippen LogP contribution in [0, 0.1) is 0 Å². The minimum Gasteiger partial charge on any atom is -0.493 e. The number of nitrogens with zero attached hydrogens (tertiary/aromatic N) is 1. The van der Waals surface area contributed by atoms with Gasteiger partial charge in [-0.3, -0.25) is 0 Å². The average molecular weight is 289 g/mol. The van der Waals surface area contributed by atoms with Crippen LogP contribution in [0.15, 0.2) is 12.1 Å². The first-order valence-electron chi connectivity index (χ1n) is 5.81. The summed E-state index contributed by atoms with van der Waals surface area (Å²) in [5.41, 5.74) is 1.28. The second-order valence-electron chi connectivity index (χ2n) is 4.13. The third kappa shape index (κ3) is 3.32. The van der Waals surface area contributed by atoms with Crippen molar-refractivity contribution in [3.63, 3.8) is 0 Å². The number of imidazole rings is 1. The predicted octanol–water partition coefficient (Wildman–Crippen LogP) is 2.23. The fraction of sp³-hybridized carbons (Fsp3) is 0.417. The monoisotopic (exact) mass is 289 g/mol. The average Bonchev–Trinajstić information content (AvgIpc) is 2.76. The summed E-state index contributed by atoms with van der Waals surface area (Å²) in [7, 11) is 3.01. The summed E-state index contributed by atoms with van der Waals surface area (Å²) in [4.78, 5) is 7.13. The normalized spacial score (nSPS) is 11.8. The fourth-order valence-corrected chi connectivity index (χ4v) is 1.80. The minimum absolute atomic E-state index is 0.00117. The molecule has 8 heteroatoms. The van der Waals surface area contributed by atoms with Crippen molar-refractivity contribution < 1.29 is 22.6 Å². The summed E-state index contributed by atoms with van der Waals surface area (Å²) in [6, 6.07) is 3.35. The van der Waals surface area contributed by atoms with Gasteiger partial charge in [-0.1, -0.05) is 0 Å². The maximum absolute atomic E-state index is 12.0. The molecule has 0 fully saturated rings. The highest BCUT2D eigenvalue weighted by Gasteiger charge is 2.26. The number of rotatable bonds is 5. The number of nitrogens with one attached hydrogen (secondary N) is 2. The van der Waals surface area contributed by atoms with Gasteiger partial charge in [-0.15, -0.1) is 0 Å². The number of ether oxygens (including phenoxy) is 2. The highest BCUT2D eigenvalue weighted by Crippen LogP contribution is 2.30. The molecule has 2 N–H and O–H groups in total. The van der Waals surface area contributed by atoms with Crippen LogP contribution < -0.4 is 14.8 Å². The molecular formula is C12H14F3N3O2. The van der Waals surface area contributed by atoms with Crippen LogP contribution in [0.1, 0.15) is 5.82 Å². The Morgan fingerprint density at radius 2 is 1.85 bits per heavy atom. The Balaban J connectivity index is 2.16. The van der Waals surface area contributed by atoms with E-state index >= 15 is 0 Å². The summed E-state index contributed by atoms with van der Waals surface area (Å²) >= 11 is 0. The number of hydrogen-bond acceptors (Lipinski definition) is 4. The Morgan fingerprint density at radius 3 is 2.45 bits per heavy atom. The van der Waals surface area contributed by atoms with Crippen LogP contribution in [-0.2, 0) is 6.54 Å². The van der Waals surface area contributed by atoms with Crippen molar-refractivity contribution in [2.45, 2.75) is 12.7 Å². The van der Waals surface area contributed by atoms with Crippen LogP contribution in [0.3, 0.4) is 0 Å². The molecule has 0 saturated heterocycles. The van der Waals surface area contributed by atoms with E-state index in [9.17, 15) is 13.2 Å². The highest BCUT2D eigenvalue weighted by atomic mass is 19.4. The van der Waals surface area contributed by atoms with Crippen LogP contribution in [-0.4, -0.2) is 36.9 Å². The predicted molar refractivity (Wildman–Crippen MR) is 67.0 cm³/mol. The quantitative estimate of drug-likeness (QED) is 0.886. The Hall–Kier alpha value is -1.96. The Labute approximate surface area is 113 Å². The number of aromatic nitrogens is 2. The van der Waals surface area contributed by atoms with E-state index < -0.39 is 12.7 Å². The molecule has 1 heterocycles. The van der Waals surface area contributed by atoms with Crippen molar-refractivity contribution in [3.8, 4) is 11.5 Å². The molecule has 0 unspecified atom stereocenters. The molecule has 0 atom stereocenters. The zero-order valence-corrected chi connectivity index (χ0v) is 11.0. The number of hydrogen-bond donors (Lipinski definition) is 2. The van der Waals surface area contributed by atoms with Gasteiger partial charge in [0.05, 0.1) is 38.3 Å². The SMILES string of the molecule is COc1cc2nc(CNCC(F)(F)F)[nH]c2cc1OC. The molecule has 2 aromatic rings. The zero-order valence-electron chi connectivity index (χ0n) is 11.0. The molecule has 1 aromatic carbocycles. The van der Waals surface area contributed by atoms with Crippen LogP contribution in [0.2, 0.25) is 0 Å². The molecule has 0 amide bonds. The number of fused-ring (bicyclic) bond motifs is 1. The lowest BCUT2D eigenvalue weighted by Crippen LogP contribution is -2.28. The molecule has 110 valence electrons. The van der Waals surface area contributed by atoms with Crippen LogP contribution in [0.5, 0.6) is 11.5 Å². The third-order valence-corrected chi connectivity index (χ3v) is 2.65. The molecule has 0 aliphatic heterocycles. The molecule has 0 radical (unpaired) electrons. The maximum atomic E-state index is 12.0. The fourth-order valence-electron chi connectivity index (χ4n) is 1.80. The van der Waals surface area contributed by atoms with Crippen LogP contribution in [0.25, 0.3) is 11.0 Å². The summed E-state index contributed by atoms with van der Waals surface area (Å²) in [6.45, 7) is -1.06. The zero-order chi connectivity index (χ0) is 14.8. The van der Waals surface area contributed by atoms with Crippen molar-refractivity contribution in [2.75, 3.05) is 20.8 Å². The van der Waals surface area contributed by atoms with E-state index in [0.717, 1.165) is 0 Å². The molecule has 0 bridgehead atoms. The second-order valence-corrected chi connectivity index (χ2v) is 4.13. The topological polar surface area (TPSA) is 59.2 Å². The van der Waals surface area contributed by atoms with Gasteiger partial charge in [0.15, 0.2) is 11.5 Å². The van der Waals surface area contributed by atoms with Gasteiger partial charge in [0.25, 0.3) is 0 Å². The van der Waals surface area contributed by atoms with E-state index in [0.29, 0.717) is 28.4 Å². The first-order valence-corrected chi connectivity index (χ1v) is 5.81. The Kier molecular flexibility index (Phi) is 4.03. The lowest BCUT2D eigenvalue weighted by Gasteiger charge is -2.06. The maximum Gasteiger partial charge on any atom is 0.401 e. The molecule has 0 saturated carbocycles. The molecule has 1 aromatic heterocycles. The Bertz CT molecular complexity index is 554. The van der Waals surface area contributed by atoms with Gasteiger partial charge in [0.2, 0.25) is 0 Å². The van der Waals surface area contributed by atoms with E-state index in [1.165, 1.54) is 14.2 Å². The lowest BCUT2D eigenvalue weighted by atomic mass is 10.3. The van der Waals surface area contributed by atoms with Gasteiger partial charge in [-0.2, -0.15) is 13.2 Å². The number of benzene rings is 1. The molecule has 20 heavy (non-hydrogen) atoms. The summed E-state index contributed by atoms with van der Waals surface area (Å²) in [6.07, 6.45) is -4.24. The summed E-state index contributed by atoms with van der Waals surface area (Å²) in [5, 5.41) is 2.28. The first-order chi connectivity index (χ1) is 9.43. The molecule has 0 aliphatic carbocycles. The van der Waals surface area contributed by atoms with E-state index in [2.05, 4.69) is 15.3 Å². The van der Waals surface area contributed by atoms with Gasteiger partial charge in [0, 0.05) is 12.1 Å². The molecule has 0 aliphatic rings. The summed E-state index contributed by atoms with van der Waals surface area (Å²) < 4.78 is 46.4. The minimum atomic E-state index is -4.24. The standard InChI is InChI=1S/C12H14F3N3O2/c1-19-9-3-7-8(4-10(9)20-2)18-11(17-7)5-16-6-12(13,14)15/h3-4,16H,5-6H2,1-2H3,(H,17,18). The van der Waals surface area contributed by atoms with Crippen molar-refractivity contribution in [1.29, 1.82) is 0 Å². The van der Waals surface area contributed by atoms with Gasteiger partial charge < -0.3 is 19.8 Å². The number of alkyl halides is 3. The third-order valence-electron chi connectivity index (χ3n) is 2.65. The molecule has 5 nitrogen and oxygen atoms in total. The van der Waals surface area contributed by atoms with Crippen LogP contribution in [0.4, 0.5) is 13.2 Å². The van der Waals surface area contributed by atoms with E-state index in [-0.39, 0.29) is 6.54 Å². The van der Waals surface area contributed by atoms with Crippen molar-refractivity contribution >= 4 is 11.0 Å². The molecule has 0 spiro atoms. The van der Waals surface area contributed by atoms with Crippen molar-refractivity contribution in [2.24, 2.45) is 0 Å².